The highest BCUT2D eigenvalue weighted by Crippen LogP contribution is 2.36. The average molecular weight is 263 g/mol. The van der Waals surface area contributed by atoms with Gasteiger partial charge in [-0.05, 0) is 30.5 Å². The number of hydrogen-bond acceptors (Lipinski definition) is 3. The Bertz CT molecular complexity index is 543. The van der Waals surface area contributed by atoms with Gasteiger partial charge in [-0.3, -0.25) is 0 Å². The van der Waals surface area contributed by atoms with Crippen LogP contribution in [0.15, 0.2) is 24.3 Å². The largest absolute Gasteiger partial charge is 0.324 e. The molecule has 0 aliphatic heterocycles. The Balaban J connectivity index is 1.88. The average Bonchev–Trinajstić information content (AvgIpc) is 3.14. The van der Waals surface area contributed by atoms with Crippen LogP contribution < -0.4 is 5.73 Å². The molecule has 1 aromatic heterocycles. The van der Waals surface area contributed by atoms with Gasteiger partial charge in [-0.25, -0.2) is 0 Å². The summed E-state index contributed by atoms with van der Waals surface area (Å²) in [7, 11) is 0. The normalized spacial score (nSPS) is 15.0. The monoisotopic (exact) mass is 262 g/mol. The predicted octanol–water partition coefficient (Wildman–Crippen LogP) is 2.32. The number of nitrogens with two attached hydrogens (primary N) is 1. The molecule has 1 saturated carbocycles. The summed E-state index contributed by atoms with van der Waals surface area (Å²) in [5.41, 5.74) is 6.89. The molecule has 1 aliphatic rings. The SMILES string of the molecule is NCc1nnc(Cc2ccc(Cl)cc2)n1C1CC1. The van der Waals surface area contributed by atoms with Crippen LogP contribution in [0.1, 0.15) is 36.1 Å². The Morgan fingerprint density at radius 2 is 1.83 bits per heavy atom. The van der Waals surface area contributed by atoms with Crippen molar-refractivity contribution in [1.29, 1.82) is 0 Å². The summed E-state index contributed by atoms with van der Waals surface area (Å²) in [4.78, 5) is 0. The standard InChI is InChI=1S/C13H15ClN4/c14-10-3-1-9(2-4-10)7-12-16-17-13(8-15)18(12)11-5-6-11/h1-4,11H,5-8,15H2. The van der Waals surface area contributed by atoms with Gasteiger partial charge in [-0.15, -0.1) is 10.2 Å². The number of rotatable bonds is 4. The fourth-order valence-corrected chi connectivity index (χ4v) is 2.29. The summed E-state index contributed by atoms with van der Waals surface area (Å²) in [5, 5.41) is 9.19. The van der Waals surface area contributed by atoms with E-state index < -0.39 is 0 Å². The molecule has 1 fully saturated rings. The third-order valence-corrected chi connectivity index (χ3v) is 3.46. The van der Waals surface area contributed by atoms with Gasteiger partial charge < -0.3 is 10.3 Å². The Hall–Kier alpha value is -1.39. The maximum absolute atomic E-state index is 5.88. The first-order chi connectivity index (χ1) is 8.78. The quantitative estimate of drug-likeness (QED) is 0.920. The van der Waals surface area contributed by atoms with Gasteiger partial charge in [0.1, 0.15) is 11.6 Å². The van der Waals surface area contributed by atoms with E-state index in [2.05, 4.69) is 14.8 Å². The van der Waals surface area contributed by atoms with Crippen LogP contribution in [0.3, 0.4) is 0 Å². The lowest BCUT2D eigenvalue weighted by Crippen LogP contribution is -2.10. The Morgan fingerprint density at radius 3 is 2.44 bits per heavy atom. The molecule has 2 N–H and O–H groups in total. The zero-order chi connectivity index (χ0) is 12.5. The molecule has 4 nitrogen and oxygen atoms in total. The highest BCUT2D eigenvalue weighted by Gasteiger charge is 2.28. The van der Waals surface area contributed by atoms with Crippen LogP contribution >= 0.6 is 11.6 Å². The van der Waals surface area contributed by atoms with Crippen molar-refractivity contribution in [3.8, 4) is 0 Å². The zero-order valence-corrected chi connectivity index (χ0v) is 10.8. The zero-order valence-electron chi connectivity index (χ0n) is 10.0. The molecule has 0 saturated heterocycles. The topological polar surface area (TPSA) is 56.7 Å². The van der Waals surface area contributed by atoms with Gasteiger partial charge in [0.25, 0.3) is 0 Å². The van der Waals surface area contributed by atoms with E-state index in [9.17, 15) is 0 Å². The third kappa shape index (κ3) is 2.26. The lowest BCUT2D eigenvalue weighted by molar-refractivity contribution is 0.652. The number of aromatic nitrogens is 3. The second-order valence-corrected chi connectivity index (χ2v) is 5.08. The van der Waals surface area contributed by atoms with Crippen LogP contribution in [0.4, 0.5) is 0 Å². The minimum Gasteiger partial charge on any atom is -0.324 e. The molecular formula is C13H15ClN4. The highest BCUT2D eigenvalue weighted by atomic mass is 35.5. The van der Waals surface area contributed by atoms with Crippen molar-refractivity contribution in [3.05, 3.63) is 46.5 Å². The molecule has 18 heavy (non-hydrogen) atoms. The maximum Gasteiger partial charge on any atom is 0.147 e. The lowest BCUT2D eigenvalue weighted by Gasteiger charge is -2.07. The van der Waals surface area contributed by atoms with Crippen LogP contribution in [0.25, 0.3) is 0 Å². The molecule has 94 valence electrons. The fourth-order valence-electron chi connectivity index (χ4n) is 2.16. The molecule has 0 unspecified atom stereocenters. The van der Waals surface area contributed by atoms with E-state index in [1.165, 1.54) is 18.4 Å². The van der Waals surface area contributed by atoms with E-state index >= 15 is 0 Å². The van der Waals surface area contributed by atoms with E-state index in [0.717, 1.165) is 23.1 Å². The molecule has 1 aliphatic carbocycles. The summed E-state index contributed by atoms with van der Waals surface area (Å²) >= 11 is 5.88. The summed E-state index contributed by atoms with van der Waals surface area (Å²) in [5.74, 6) is 1.89. The lowest BCUT2D eigenvalue weighted by atomic mass is 10.1. The van der Waals surface area contributed by atoms with Gasteiger partial charge in [-0.1, -0.05) is 23.7 Å². The van der Waals surface area contributed by atoms with Gasteiger partial charge in [0.05, 0.1) is 6.54 Å². The van der Waals surface area contributed by atoms with Crippen molar-refractivity contribution in [3.63, 3.8) is 0 Å². The number of nitrogens with zero attached hydrogens (tertiary/aromatic N) is 3. The second kappa shape index (κ2) is 4.71. The van der Waals surface area contributed by atoms with Gasteiger partial charge in [0, 0.05) is 17.5 Å². The molecule has 0 radical (unpaired) electrons. The molecule has 0 atom stereocenters. The first-order valence-electron chi connectivity index (χ1n) is 6.15. The number of benzene rings is 1. The van der Waals surface area contributed by atoms with E-state index in [1.54, 1.807) is 0 Å². The second-order valence-electron chi connectivity index (χ2n) is 4.64. The highest BCUT2D eigenvalue weighted by molar-refractivity contribution is 6.30. The molecule has 0 spiro atoms. The molecule has 2 aromatic rings. The molecule has 0 bridgehead atoms. The maximum atomic E-state index is 5.88. The van der Waals surface area contributed by atoms with Gasteiger partial charge in [0.2, 0.25) is 0 Å². The molecule has 1 aromatic carbocycles. The predicted molar refractivity (Wildman–Crippen MR) is 70.4 cm³/mol. The van der Waals surface area contributed by atoms with Crippen molar-refractivity contribution in [1.82, 2.24) is 14.8 Å². The Morgan fingerprint density at radius 1 is 1.17 bits per heavy atom. The van der Waals surface area contributed by atoms with Crippen molar-refractivity contribution in [2.45, 2.75) is 31.8 Å². The van der Waals surface area contributed by atoms with Crippen LogP contribution in [0.2, 0.25) is 5.02 Å². The summed E-state index contributed by atoms with van der Waals surface area (Å²) in [6.07, 6.45) is 3.19. The molecule has 0 amide bonds. The van der Waals surface area contributed by atoms with Crippen molar-refractivity contribution < 1.29 is 0 Å². The van der Waals surface area contributed by atoms with Crippen molar-refractivity contribution in [2.75, 3.05) is 0 Å². The van der Waals surface area contributed by atoms with Crippen molar-refractivity contribution in [2.24, 2.45) is 5.73 Å². The summed E-state index contributed by atoms with van der Waals surface area (Å²) in [6.45, 7) is 0.449. The minimum absolute atomic E-state index is 0.449. The molecular weight excluding hydrogens is 248 g/mol. The van der Waals surface area contributed by atoms with Crippen LogP contribution in [-0.4, -0.2) is 14.8 Å². The molecule has 1 heterocycles. The third-order valence-electron chi connectivity index (χ3n) is 3.21. The molecule has 5 heteroatoms. The minimum atomic E-state index is 0.449. The fraction of sp³-hybridized carbons (Fsp3) is 0.385. The van der Waals surface area contributed by atoms with Crippen LogP contribution in [0, 0.1) is 0 Å². The van der Waals surface area contributed by atoms with E-state index in [1.807, 2.05) is 24.3 Å². The smallest absolute Gasteiger partial charge is 0.147 e. The summed E-state index contributed by atoms with van der Waals surface area (Å²) in [6, 6.07) is 8.41. The van der Waals surface area contributed by atoms with E-state index in [0.29, 0.717) is 12.6 Å². The van der Waals surface area contributed by atoms with Gasteiger partial charge >= 0.3 is 0 Å². The number of hydrogen-bond donors (Lipinski definition) is 1. The van der Waals surface area contributed by atoms with Crippen LogP contribution in [-0.2, 0) is 13.0 Å². The molecule has 3 rings (SSSR count). The van der Waals surface area contributed by atoms with Crippen LogP contribution in [0.5, 0.6) is 0 Å². The van der Waals surface area contributed by atoms with Gasteiger partial charge in [0.15, 0.2) is 0 Å². The Kier molecular flexibility index (Phi) is 3.06. The summed E-state index contributed by atoms with van der Waals surface area (Å²) < 4.78 is 2.20. The first kappa shape index (κ1) is 11.7. The van der Waals surface area contributed by atoms with Crippen molar-refractivity contribution >= 4 is 11.6 Å². The first-order valence-corrected chi connectivity index (χ1v) is 6.53. The van der Waals surface area contributed by atoms with E-state index in [-0.39, 0.29) is 0 Å². The Labute approximate surface area is 111 Å². The van der Waals surface area contributed by atoms with Gasteiger partial charge in [-0.2, -0.15) is 0 Å². The van der Waals surface area contributed by atoms with E-state index in [4.69, 9.17) is 17.3 Å². The number of halogens is 1.